The van der Waals surface area contributed by atoms with Crippen molar-refractivity contribution in [2.75, 3.05) is 0 Å². The number of carbonyl (C=O) groups is 2. The predicted octanol–water partition coefficient (Wildman–Crippen LogP) is 3.35. The lowest BCUT2D eigenvalue weighted by Crippen LogP contribution is -2.58. The molecule has 1 rings (SSSR count). The van der Waals surface area contributed by atoms with Crippen molar-refractivity contribution in [2.45, 2.75) is 78.2 Å². The Kier molecular flexibility index (Phi) is 5.60. The number of carboxylic acid groups (broad SMARTS) is 1. The van der Waals surface area contributed by atoms with Crippen LogP contribution in [0.2, 0.25) is 0 Å². The summed E-state index contributed by atoms with van der Waals surface area (Å²) in [5, 5.41) is 12.3. The van der Waals surface area contributed by atoms with Crippen LogP contribution in [-0.2, 0) is 9.59 Å². The maximum atomic E-state index is 12.4. The highest BCUT2D eigenvalue weighted by atomic mass is 16.4. The van der Waals surface area contributed by atoms with Crippen LogP contribution in [0.3, 0.4) is 0 Å². The summed E-state index contributed by atoms with van der Waals surface area (Å²) in [7, 11) is 0. The highest BCUT2D eigenvalue weighted by molar-refractivity contribution is 5.82. The van der Waals surface area contributed by atoms with Gasteiger partial charge in [0.25, 0.3) is 0 Å². The van der Waals surface area contributed by atoms with Gasteiger partial charge in [-0.15, -0.1) is 0 Å². The zero-order chi connectivity index (χ0) is 15.4. The normalized spacial score (nSPS) is 19.0. The van der Waals surface area contributed by atoms with Crippen LogP contribution < -0.4 is 5.32 Å². The molecule has 0 aromatic carbocycles. The molecule has 1 aliphatic rings. The van der Waals surface area contributed by atoms with Crippen molar-refractivity contribution in [3.05, 3.63) is 0 Å². The maximum absolute atomic E-state index is 12.4. The zero-order valence-corrected chi connectivity index (χ0v) is 13.3. The molecule has 1 saturated carbocycles. The molecule has 1 aliphatic carbocycles. The quantitative estimate of drug-likeness (QED) is 0.831. The second-order valence-corrected chi connectivity index (χ2v) is 7.09. The summed E-state index contributed by atoms with van der Waals surface area (Å²) in [4.78, 5) is 23.8. The van der Waals surface area contributed by atoms with Crippen LogP contribution in [0.5, 0.6) is 0 Å². The molecule has 0 saturated heterocycles. The third-order valence-corrected chi connectivity index (χ3v) is 5.01. The van der Waals surface area contributed by atoms with E-state index in [0.29, 0.717) is 0 Å². The number of aliphatic carboxylic acids is 1. The van der Waals surface area contributed by atoms with E-state index in [1.54, 1.807) is 27.7 Å². The Labute approximate surface area is 122 Å². The van der Waals surface area contributed by atoms with Crippen molar-refractivity contribution < 1.29 is 14.7 Å². The summed E-state index contributed by atoms with van der Waals surface area (Å²) in [5.74, 6) is -0.828. The molecule has 0 spiro atoms. The molecular weight excluding hydrogens is 254 g/mol. The Morgan fingerprint density at radius 3 is 1.85 bits per heavy atom. The van der Waals surface area contributed by atoms with Gasteiger partial charge in [0.05, 0.1) is 5.41 Å². The molecule has 20 heavy (non-hydrogen) atoms. The van der Waals surface area contributed by atoms with Crippen LogP contribution in [0.25, 0.3) is 0 Å². The molecule has 0 aromatic heterocycles. The first-order chi connectivity index (χ1) is 9.18. The number of hydrogen-bond acceptors (Lipinski definition) is 2. The van der Waals surface area contributed by atoms with Crippen molar-refractivity contribution in [1.29, 1.82) is 0 Å². The fourth-order valence-electron chi connectivity index (χ4n) is 2.55. The molecule has 0 unspecified atom stereocenters. The van der Waals surface area contributed by atoms with Crippen molar-refractivity contribution in [3.8, 4) is 0 Å². The number of amides is 1. The fraction of sp³-hybridized carbons (Fsp3) is 0.875. The Morgan fingerprint density at radius 1 is 0.950 bits per heavy atom. The smallest absolute Gasteiger partial charge is 0.311 e. The van der Waals surface area contributed by atoms with Gasteiger partial charge in [-0.05, 0) is 40.5 Å². The summed E-state index contributed by atoms with van der Waals surface area (Å²) < 4.78 is 0. The van der Waals surface area contributed by atoms with E-state index in [4.69, 9.17) is 0 Å². The standard InChI is InChI=1S/C16H29NO3/c1-15(2,14(19)20)16(3,4)17-13(18)12-10-8-6-5-7-9-11-12/h12H,5-11H2,1-4H3,(H,17,18)(H,19,20). The number of rotatable bonds is 4. The van der Waals surface area contributed by atoms with Crippen LogP contribution in [0.1, 0.15) is 72.6 Å². The van der Waals surface area contributed by atoms with Gasteiger partial charge in [-0.2, -0.15) is 0 Å². The molecule has 2 N–H and O–H groups in total. The zero-order valence-electron chi connectivity index (χ0n) is 13.3. The van der Waals surface area contributed by atoms with E-state index in [1.165, 1.54) is 19.3 Å². The third-order valence-electron chi connectivity index (χ3n) is 5.01. The van der Waals surface area contributed by atoms with E-state index < -0.39 is 16.9 Å². The first-order valence-electron chi connectivity index (χ1n) is 7.74. The summed E-state index contributed by atoms with van der Waals surface area (Å²) in [6.45, 7) is 6.91. The molecule has 0 aromatic rings. The van der Waals surface area contributed by atoms with Gasteiger partial charge in [-0.3, -0.25) is 9.59 Å². The molecule has 116 valence electrons. The molecule has 0 aliphatic heterocycles. The van der Waals surface area contributed by atoms with Crippen LogP contribution in [-0.4, -0.2) is 22.5 Å². The van der Waals surface area contributed by atoms with Gasteiger partial charge in [0.2, 0.25) is 5.91 Å². The minimum atomic E-state index is -0.996. The van der Waals surface area contributed by atoms with Crippen molar-refractivity contribution in [3.63, 3.8) is 0 Å². The minimum Gasteiger partial charge on any atom is -0.481 e. The molecular formula is C16H29NO3. The largest absolute Gasteiger partial charge is 0.481 e. The average Bonchev–Trinajstić information content (AvgIpc) is 2.26. The minimum absolute atomic E-state index is 0.0197. The van der Waals surface area contributed by atoms with Crippen LogP contribution in [0.15, 0.2) is 0 Å². The number of nitrogens with one attached hydrogen (secondary N) is 1. The molecule has 1 fully saturated rings. The van der Waals surface area contributed by atoms with Gasteiger partial charge in [0.1, 0.15) is 0 Å². The Bertz CT molecular complexity index is 353. The second kappa shape index (κ2) is 6.59. The van der Waals surface area contributed by atoms with Gasteiger partial charge in [0.15, 0.2) is 0 Å². The summed E-state index contributed by atoms with van der Waals surface area (Å²) >= 11 is 0. The second-order valence-electron chi connectivity index (χ2n) is 7.09. The fourth-order valence-corrected chi connectivity index (χ4v) is 2.55. The van der Waals surface area contributed by atoms with Crippen LogP contribution >= 0.6 is 0 Å². The lowest BCUT2D eigenvalue weighted by atomic mass is 9.74. The Balaban J connectivity index is 2.70. The maximum Gasteiger partial charge on any atom is 0.311 e. The first-order valence-corrected chi connectivity index (χ1v) is 7.74. The van der Waals surface area contributed by atoms with Crippen molar-refractivity contribution >= 4 is 11.9 Å². The number of hydrogen-bond donors (Lipinski definition) is 2. The molecule has 1 amide bonds. The molecule has 0 atom stereocenters. The number of carboxylic acids is 1. The molecule has 4 nitrogen and oxygen atoms in total. The summed E-state index contributed by atoms with van der Waals surface area (Å²) in [6, 6.07) is 0. The van der Waals surface area contributed by atoms with Crippen LogP contribution in [0.4, 0.5) is 0 Å². The highest BCUT2D eigenvalue weighted by Gasteiger charge is 2.45. The van der Waals surface area contributed by atoms with Gasteiger partial charge in [0, 0.05) is 11.5 Å². The lowest BCUT2D eigenvalue weighted by molar-refractivity contribution is -0.152. The number of carbonyl (C=O) groups excluding carboxylic acids is 1. The van der Waals surface area contributed by atoms with Crippen molar-refractivity contribution in [1.82, 2.24) is 5.32 Å². The van der Waals surface area contributed by atoms with Crippen molar-refractivity contribution in [2.24, 2.45) is 11.3 Å². The van der Waals surface area contributed by atoms with E-state index >= 15 is 0 Å². The average molecular weight is 283 g/mol. The first kappa shape index (κ1) is 17.0. The van der Waals surface area contributed by atoms with Gasteiger partial charge < -0.3 is 10.4 Å². The topological polar surface area (TPSA) is 66.4 Å². The third kappa shape index (κ3) is 3.97. The summed E-state index contributed by atoms with van der Waals surface area (Å²) in [5.41, 5.74) is -1.76. The SMILES string of the molecule is CC(C)(NC(=O)C1CCCCCCC1)C(C)(C)C(=O)O. The highest BCUT2D eigenvalue weighted by Crippen LogP contribution is 2.32. The van der Waals surface area contributed by atoms with E-state index in [-0.39, 0.29) is 11.8 Å². The molecule has 0 bridgehead atoms. The Morgan fingerprint density at radius 2 is 1.40 bits per heavy atom. The molecule has 0 heterocycles. The van der Waals surface area contributed by atoms with Crippen LogP contribution in [0, 0.1) is 11.3 Å². The molecule has 0 radical (unpaired) electrons. The molecule has 4 heteroatoms. The monoisotopic (exact) mass is 283 g/mol. The van der Waals surface area contributed by atoms with Gasteiger partial charge >= 0.3 is 5.97 Å². The van der Waals surface area contributed by atoms with E-state index in [2.05, 4.69) is 5.32 Å². The van der Waals surface area contributed by atoms with Gasteiger partial charge in [-0.25, -0.2) is 0 Å². The van der Waals surface area contributed by atoms with E-state index in [0.717, 1.165) is 25.7 Å². The van der Waals surface area contributed by atoms with E-state index in [1.807, 2.05) is 0 Å². The predicted molar refractivity (Wildman–Crippen MR) is 79.4 cm³/mol. The summed E-state index contributed by atoms with van der Waals surface area (Å²) in [6.07, 6.45) is 7.72. The van der Waals surface area contributed by atoms with E-state index in [9.17, 15) is 14.7 Å². The Hall–Kier alpha value is -1.06. The van der Waals surface area contributed by atoms with Gasteiger partial charge in [-0.1, -0.05) is 32.1 Å². The lowest BCUT2D eigenvalue weighted by Gasteiger charge is -2.39.